The molecule has 0 aromatic carbocycles. The van der Waals surface area contributed by atoms with Crippen LogP contribution in [0, 0.1) is 44.3 Å². The van der Waals surface area contributed by atoms with Crippen molar-refractivity contribution in [3.8, 4) is 0 Å². The molecule has 5 aliphatic rings. The van der Waals surface area contributed by atoms with Crippen LogP contribution in [0.1, 0.15) is 126 Å². The number of allylic oxidation sites excluding steroid dienone is 2. The molecule has 37 heavy (non-hydrogen) atoms. The third-order valence-corrected chi connectivity index (χ3v) is 13.7. The minimum absolute atomic E-state index is 0.0130. The van der Waals surface area contributed by atoms with E-state index in [9.17, 15) is 9.59 Å². The third kappa shape index (κ3) is 3.58. The molecule has 0 unspecified atom stereocenters. The highest BCUT2D eigenvalue weighted by molar-refractivity contribution is 5.76. The van der Waals surface area contributed by atoms with Crippen LogP contribution in [0.2, 0.25) is 0 Å². The Hall–Kier alpha value is -1.32. The van der Waals surface area contributed by atoms with E-state index in [1.165, 1.54) is 38.5 Å². The molecule has 3 fully saturated rings. The first-order chi connectivity index (χ1) is 17.1. The lowest BCUT2D eigenvalue weighted by Gasteiger charge is -2.69. The molecule has 0 heterocycles. The predicted molar refractivity (Wildman–Crippen MR) is 147 cm³/mol. The van der Waals surface area contributed by atoms with Gasteiger partial charge in [0.25, 0.3) is 0 Å². The Balaban J connectivity index is 1.53. The summed E-state index contributed by atoms with van der Waals surface area (Å²) in [6.45, 7) is 18.7. The van der Waals surface area contributed by atoms with Crippen molar-refractivity contribution >= 4 is 11.9 Å². The molecule has 4 heteroatoms. The molecular weight excluding hydrogens is 460 g/mol. The van der Waals surface area contributed by atoms with E-state index in [0.29, 0.717) is 17.3 Å². The van der Waals surface area contributed by atoms with Crippen molar-refractivity contribution in [2.45, 2.75) is 132 Å². The first-order valence-corrected chi connectivity index (χ1v) is 15.1. The highest BCUT2D eigenvalue weighted by Gasteiger charge is 2.66. The maximum Gasteiger partial charge on any atom is 0.311 e. The van der Waals surface area contributed by atoms with Crippen molar-refractivity contribution in [2.24, 2.45) is 44.3 Å². The Kier molecular flexibility index (Phi) is 6.14. The SMILES string of the molecule is COC(=O)[C@]1(C)CC[C@]2(C)CC[C@]3(C)C4=C(CC[C@@]3(C)[C@@H]2C1)[C@@]1(C)CC[C@H](OC(C)=O)C(C)(C)[C@@H]1CC4. The molecule has 0 spiro atoms. The molecule has 0 saturated heterocycles. The molecule has 5 rings (SSSR count). The van der Waals surface area contributed by atoms with E-state index in [0.717, 1.165) is 32.1 Å². The van der Waals surface area contributed by atoms with E-state index in [-0.39, 0.29) is 45.1 Å². The van der Waals surface area contributed by atoms with E-state index < -0.39 is 0 Å². The minimum Gasteiger partial charge on any atom is -0.469 e. The first-order valence-electron chi connectivity index (χ1n) is 15.1. The molecule has 0 aromatic heterocycles. The van der Waals surface area contributed by atoms with Crippen molar-refractivity contribution in [3.63, 3.8) is 0 Å². The van der Waals surface area contributed by atoms with Crippen LogP contribution in [-0.4, -0.2) is 25.2 Å². The molecule has 0 N–H and O–H groups in total. The van der Waals surface area contributed by atoms with Gasteiger partial charge in [0, 0.05) is 12.3 Å². The molecule has 0 amide bonds. The second kappa shape index (κ2) is 8.34. The van der Waals surface area contributed by atoms with Gasteiger partial charge in [0.1, 0.15) is 6.10 Å². The smallest absolute Gasteiger partial charge is 0.311 e. The summed E-state index contributed by atoms with van der Waals surface area (Å²) in [5.41, 5.74) is 4.03. The van der Waals surface area contributed by atoms with Crippen LogP contribution in [0.25, 0.3) is 0 Å². The lowest BCUT2D eigenvalue weighted by atomic mass is 9.35. The number of fused-ring (bicyclic) bond motifs is 6. The second-order valence-corrected chi connectivity index (χ2v) is 15.6. The molecule has 8 atom stereocenters. The summed E-state index contributed by atoms with van der Waals surface area (Å²) in [7, 11) is 1.56. The molecule has 0 aliphatic heterocycles. The average molecular weight is 513 g/mol. The van der Waals surface area contributed by atoms with Gasteiger partial charge >= 0.3 is 11.9 Å². The van der Waals surface area contributed by atoms with Crippen LogP contribution >= 0.6 is 0 Å². The van der Waals surface area contributed by atoms with Crippen LogP contribution in [0.4, 0.5) is 0 Å². The summed E-state index contributed by atoms with van der Waals surface area (Å²) in [5, 5.41) is 0. The fraction of sp³-hybridized carbons (Fsp3) is 0.879. The van der Waals surface area contributed by atoms with Gasteiger partial charge in [0.05, 0.1) is 12.5 Å². The molecule has 3 saturated carbocycles. The maximum atomic E-state index is 12.9. The number of ether oxygens (including phenoxy) is 2. The summed E-state index contributed by atoms with van der Waals surface area (Å²) < 4.78 is 11.2. The Morgan fingerprint density at radius 1 is 0.784 bits per heavy atom. The van der Waals surface area contributed by atoms with Crippen molar-refractivity contribution in [1.82, 2.24) is 0 Å². The van der Waals surface area contributed by atoms with Crippen LogP contribution in [-0.2, 0) is 19.1 Å². The summed E-state index contributed by atoms with van der Waals surface area (Å²) in [6, 6.07) is 0. The van der Waals surface area contributed by atoms with Gasteiger partial charge in [0.15, 0.2) is 0 Å². The molecule has 0 aromatic rings. The molecule has 208 valence electrons. The van der Waals surface area contributed by atoms with E-state index in [1.807, 2.05) is 0 Å². The van der Waals surface area contributed by atoms with Crippen molar-refractivity contribution in [3.05, 3.63) is 11.1 Å². The monoisotopic (exact) mass is 512 g/mol. The van der Waals surface area contributed by atoms with Crippen molar-refractivity contribution in [1.29, 1.82) is 0 Å². The molecular formula is C33H52O4. The van der Waals surface area contributed by atoms with Gasteiger partial charge < -0.3 is 9.47 Å². The van der Waals surface area contributed by atoms with Gasteiger partial charge in [-0.1, -0.05) is 52.7 Å². The Morgan fingerprint density at radius 3 is 2.11 bits per heavy atom. The van der Waals surface area contributed by atoms with Crippen LogP contribution < -0.4 is 0 Å². The summed E-state index contributed by atoms with van der Waals surface area (Å²) >= 11 is 0. The van der Waals surface area contributed by atoms with Crippen LogP contribution in [0.3, 0.4) is 0 Å². The van der Waals surface area contributed by atoms with Gasteiger partial charge in [-0.2, -0.15) is 0 Å². The van der Waals surface area contributed by atoms with Crippen LogP contribution in [0.15, 0.2) is 11.1 Å². The Morgan fingerprint density at radius 2 is 1.46 bits per heavy atom. The molecule has 0 radical (unpaired) electrons. The van der Waals surface area contributed by atoms with Crippen molar-refractivity contribution < 1.29 is 19.1 Å². The molecule has 5 aliphatic carbocycles. The van der Waals surface area contributed by atoms with Gasteiger partial charge in [-0.3, -0.25) is 9.59 Å². The minimum atomic E-state index is -0.363. The van der Waals surface area contributed by atoms with Crippen molar-refractivity contribution in [2.75, 3.05) is 7.11 Å². The highest BCUT2D eigenvalue weighted by Crippen LogP contribution is 2.75. The fourth-order valence-corrected chi connectivity index (χ4v) is 11.1. The second-order valence-electron chi connectivity index (χ2n) is 15.6. The number of carbonyl (C=O) groups excluding carboxylic acids is 2. The van der Waals surface area contributed by atoms with Gasteiger partial charge in [-0.25, -0.2) is 0 Å². The van der Waals surface area contributed by atoms with E-state index in [4.69, 9.17) is 9.47 Å². The standard InChI is InChI=1S/C33H52O4/c1-21(34)37-26-13-14-31(6)22-12-15-33(8)25-20-30(5,27(35)36-9)17-16-29(25,4)18-19-32(33,7)23(22)10-11-24(31)28(26,2)3/h24-26H,10-20H2,1-9H3/t24-,25+,26-,29+,30+,31+,32+,33-/m0/s1. The highest BCUT2D eigenvalue weighted by atomic mass is 16.5. The number of hydrogen-bond acceptors (Lipinski definition) is 4. The predicted octanol–water partition coefficient (Wildman–Crippen LogP) is 8.04. The van der Waals surface area contributed by atoms with Gasteiger partial charge in [-0.05, 0) is 111 Å². The number of carbonyl (C=O) groups is 2. The number of rotatable bonds is 2. The van der Waals surface area contributed by atoms with Gasteiger partial charge in [0.2, 0.25) is 0 Å². The normalized spacial score (nSPS) is 48.6. The molecule has 0 bridgehead atoms. The zero-order valence-electron chi connectivity index (χ0n) is 25.1. The van der Waals surface area contributed by atoms with E-state index in [1.54, 1.807) is 25.2 Å². The third-order valence-electron chi connectivity index (χ3n) is 13.7. The number of hydrogen-bond donors (Lipinski definition) is 0. The Bertz CT molecular complexity index is 1030. The Labute approximate surface area is 225 Å². The number of esters is 2. The first kappa shape index (κ1) is 27.3. The topological polar surface area (TPSA) is 52.6 Å². The average Bonchev–Trinajstić information content (AvgIpc) is 2.82. The quantitative estimate of drug-likeness (QED) is 0.277. The lowest BCUT2D eigenvalue weighted by Crippen LogP contribution is -2.61. The zero-order chi connectivity index (χ0) is 27.2. The maximum absolute atomic E-state index is 12.9. The largest absolute Gasteiger partial charge is 0.469 e. The summed E-state index contributed by atoms with van der Waals surface area (Å²) in [6.07, 6.45) is 12.4. The van der Waals surface area contributed by atoms with E-state index >= 15 is 0 Å². The van der Waals surface area contributed by atoms with Gasteiger partial charge in [-0.15, -0.1) is 0 Å². The summed E-state index contributed by atoms with van der Waals surface area (Å²) in [4.78, 5) is 24.8. The fourth-order valence-electron chi connectivity index (χ4n) is 11.1. The summed E-state index contributed by atoms with van der Waals surface area (Å²) in [5.74, 6) is 0.916. The van der Waals surface area contributed by atoms with E-state index in [2.05, 4.69) is 48.5 Å². The van der Waals surface area contributed by atoms with Crippen LogP contribution in [0.5, 0.6) is 0 Å². The lowest BCUT2D eigenvalue weighted by molar-refractivity contribution is -0.180. The molecule has 4 nitrogen and oxygen atoms in total. The zero-order valence-corrected chi connectivity index (χ0v) is 25.1. The number of methoxy groups -OCH3 is 1.